The average molecular weight is 256 g/mol. The Hall–Kier alpha value is -2.13. The topological polar surface area (TPSA) is 46.5 Å². The van der Waals surface area contributed by atoms with Crippen LogP contribution >= 0.6 is 0 Å². The van der Waals surface area contributed by atoms with E-state index in [0.717, 1.165) is 16.7 Å². The van der Waals surface area contributed by atoms with Gasteiger partial charge in [0.1, 0.15) is 0 Å². The van der Waals surface area contributed by atoms with Crippen molar-refractivity contribution in [1.29, 1.82) is 0 Å². The maximum absolute atomic E-state index is 11.9. The Labute approximate surface area is 112 Å². The van der Waals surface area contributed by atoms with E-state index in [1.54, 1.807) is 13.0 Å². The molecule has 1 N–H and O–H groups in total. The minimum atomic E-state index is -0.315. The Balaban J connectivity index is 2.40. The maximum atomic E-state index is 11.9. The average Bonchev–Trinajstić information content (AvgIpc) is 2.47. The molecule has 2 aromatic rings. The molecule has 3 heteroatoms. The van der Waals surface area contributed by atoms with Gasteiger partial charge in [-0.15, -0.1) is 0 Å². The van der Waals surface area contributed by atoms with Crippen LogP contribution in [0.5, 0.6) is 0 Å². The lowest BCUT2D eigenvalue weighted by Gasteiger charge is -2.09. The largest absolute Gasteiger partial charge is 0.462 e. The van der Waals surface area contributed by atoms with Crippen LogP contribution in [0.4, 0.5) is 0 Å². The molecule has 0 radical (unpaired) electrons. The van der Waals surface area contributed by atoms with E-state index in [9.17, 15) is 4.79 Å². The Morgan fingerprint density at radius 2 is 1.79 bits per heavy atom. The number of aliphatic hydroxyl groups is 1. The molecule has 0 atom stereocenters. The number of hydrogen-bond donors (Lipinski definition) is 1. The molecule has 0 spiro atoms. The van der Waals surface area contributed by atoms with Crippen LogP contribution in [0.3, 0.4) is 0 Å². The molecular weight excluding hydrogens is 240 g/mol. The van der Waals surface area contributed by atoms with Crippen LogP contribution in [0.25, 0.3) is 11.1 Å². The summed E-state index contributed by atoms with van der Waals surface area (Å²) in [7, 11) is 0. The van der Waals surface area contributed by atoms with Gasteiger partial charge in [-0.3, -0.25) is 0 Å². The van der Waals surface area contributed by atoms with Crippen LogP contribution in [0.2, 0.25) is 0 Å². The Bertz CT molecular complexity index is 558. The highest BCUT2D eigenvalue weighted by Gasteiger charge is 2.12. The van der Waals surface area contributed by atoms with Gasteiger partial charge >= 0.3 is 5.97 Å². The fourth-order valence-electron chi connectivity index (χ4n) is 1.91. The molecule has 0 saturated heterocycles. The molecule has 2 rings (SSSR count). The summed E-state index contributed by atoms with van der Waals surface area (Å²) < 4.78 is 5.06. The van der Waals surface area contributed by atoms with Crippen molar-refractivity contribution < 1.29 is 14.6 Å². The normalized spacial score (nSPS) is 10.2. The predicted molar refractivity (Wildman–Crippen MR) is 73.8 cm³/mol. The number of rotatable bonds is 4. The molecule has 0 unspecified atom stereocenters. The molecule has 0 aliphatic carbocycles. The summed E-state index contributed by atoms with van der Waals surface area (Å²) in [5, 5.41) is 9.04. The Morgan fingerprint density at radius 3 is 2.42 bits per heavy atom. The van der Waals surface area contributed by atoms with Gasteiger partial charge in [-0.1, -0.05) is 42.5 Å². The summed E-state index contributed by atoms with van der Waals surface area (Å²) in [6.45, 7) is 2.16. The lowest BCUT2D eigenvalue weighted by molar-refractivity contribution is 0.0527. The molecule has 0 fully saturated rings. The van der Waals surface area contributed by atoms with Crippen molar-refractivity contribution in [3.63, 3.8) is 0 Å². The fourth-order valence-corrected chi connectivity index (χ4v) is 1.91. The standard InChI is InChI=1S/C16H16O3/c1-2-19-16(18)15-6-4-3-5-14(15)13-9-7-12(11-17)8-10-13/h3-10,17H,2,11H2,1H3. The van der Waals surface area contributed by atoms with Crippen LogP contribution < -0.4 is 0 Å². The molecule has 0 aromatic heterocycles. The molecule has 2 aromatic carbocycles. The van der Waals surface area contributed by atoms with Gasteiger partial charge in [0.15, 0.2) is 0 Å². The SMILES string of the molecule is CCOC(=O)c1ccccc1-c1ccc(CO)cc1. The highest BCUT2D eigenvalue weighted by molar-refractivity contribution is 5.97. The smallest absolute Gasteiger partial charge is 0.338 e. The van der Waals surface area contributed by atoms with Crippen molar-refractivity contribution in [2.45, 2.75) is 13.5 Å². The number of aliphatic hydroxyl groups excluding tert-OH is 1. The second-order valence-electron chi connectivity index (χ2n) is 4.12. The monoisotopic (exact) mass is 256 g/mol. The van der Waals surface area contributed by atoms with E-state index >= 15 is 0 Å². The first-order valence-electron chi connectivity index (χ1n) is 6.22. The Morgan fingerprint density at radius 1 is 1.11 bits per heavy atom. The molecule has 0 amide bonds. The second kappa shape index (κ2) is 6.16. The number of hydrogen-bond acceptors (Lipinski definition) is 3. The third-order valence-corrected chi connectivity index (χ3v) is 2.87. The maximum Gasteiger partial charge on any atom is 0.338 e. The minimum Gasteiger partial charge on any atom is -0.462 e. The van der Waals surface area contributed by atoms with Crippen LogP contribution in [-0.4, -0.2) is 17.7 Å². The molecule has 0 bridgehead atoms. The molecule has 3 nitrogen and oxygen atoms in total. The van der Waals surface area contributed by atoms with Gasteiger partial charge in [0.25, 0.3) is 0 Å². The van der Waals surface area contributed by atoms with Crippen LogP contribution in [0, 0.1) is 0 Å². The molecule has 98 valence electrons. The zero-order valence-electron chi connectivity index (χ0n) is 10.8. The van der Waals surface area contributed by atoms with Crippen molar-refractivity contribution in [3.8, 4) is 11.1 Å². The molecule has 19 heavy (non-hydrogen) atoms. The highest BCUT2D eigenvalue weighted by Crippen LogP contribution is 2.24. The second-order valence-corrected chi connectivity index (χ2v) is 4.12. The van der Waals surface area contributed by atoms with Gasteiger partial charge in [-0.25, -0.2) is 4.79 Å². The fraction of sp³-hybridized carbons (Fsp3) is 0.188. The van der Waals surface area contributed by atoms with E-state index in [1.807, 2.05) is 42.5 Å². The van der Waals surface area contributed by atoms with Gasteiger partial charge in [0.05, 0.1) is 18.8 Å². The van der Waals surface area contributed by atoms with Crippen molar-refractivity contribution in [3.05, 3.63) is 59.7 Å². The van der Waals surface area contributed by atoms with Crippen molar-refractivity contribution in [2.24, 2.45) is 0 Å². The number of carbonyl (C=O) groups is 1. The van der Waals surface area contributed by atoms with Gasteiger partial charge in [-0.2, -0.15) is 0 Å². The first-order valence-corrected chi connectivity index (χ1v) is 6.22. The Kier molecular flexibility index (Phi) is 4.31. The lowest BCUT2D eigenvalue weighted by Crippen LogP contribution is -2.06. The number of esters is 1. The quantitative estimate of drug-likeness (QED) is 0.855. The van der Waals surface area contributed by atoms with Gasteiger partial charge in [0.2, 0.25) is 0 Å². The van der Waals surface area contributed by atoms with E-state index < -0.39 is 0 Å². The molecule has 0 saturated carbocycles. The molecule has 0 aliphatic heterocycles. The summed E-state index contributed by atoms with van der Waals surface area (Å²) in [5.74, 6) is -0.315. The summed E-state index contributed by atoms with van der Waals surface area (Å²) in [6, 6.07) is 14.8. The first-order chi connectivity index (χ1) is 9.26. The molecule has 0 aliphatic rings. The highest BCUT2D eigenvalue weighted by atomic mass is 16.5. The summed E-state index contributed by atoms with van der Waals surface area (Å²) in [4.78, 5) is 11.9. The van der Waals surface area contributed by atoms with Crippen LogP contribution in [-0.2, 0) is 11.3 Å². The molecule has 0 heterocycles. The predicted octanol–water partition coefficient (Wildman–Crippen LogP) is 3.02. The van der Waals surface area contributed by atoms with E-state index in [2.05, 4.69) is 0 Å². The lowest BCUT2D eigenvalue weighted by atomic mass is 9.99. The van der Waals surface area contributed by atoms with Gasteiger partial charge < -0.3 is 9.84 Å². The first kappa shape index (κ1) is 13.3. The zero-order chi connectivity index (χ0) is 13.7. The van der Waals surface area contributed by atoms with Crippen molar-refractivity contribution >= 4 is 5.97 Å². The summed E-state index contributed by atoms with van der Waals surface area (Å²) in [5.41, 5.74) is 3.17. The number of ether oxygens (including phenoxy) is 1. The number of benzene rings is 2. The molecular formula is C16H16O3. The van der Waals surface area contributed by atoms with E-state index in [1.165, 1.54) is 0 Å². The van der Waals surface area contributed by atoms with Crippen LogP contribution in [0.1, 0.15) is 22.8 Å². The van der Waals surface area contributed by atoms with E-state index in [-0.39, 0.29) is 12.6 Å². The van der Waals surface area contributed by atoms with Crippen molar-refractivity contribution in [1.82, 2.24) is 0 Å². The third-order valence-electron chi connectivity index (χ3n) is 2.87. The van der Waals surface area contributed by atoms with Crippen molar-refractivity contribution in [2.75, 3.05) is 6.61 Å². The zero-order valence-corrected chi connectivity index (χ0v) is 10.8. The third kappa shape index (κ3) is 3.01. The summed E-state index contributed by atoms with van der Waals surface area (Å²) >= 11 is 0. The number of carbonyl (C=O) groups excluding carboxylic acids is 1. The summed E-state index contributed by atoms with van der Waals surface area (Å²) in [6.07, 6.45) is 0. The van der Waals surface area contributed by atoms with E-state index in [0.29, 0.717) is 12.2 Å². The van der Waals surface area contributed by atoms with Gasteiger partial charge in [0, 0.05) is 0 Å². The van der Waals surface area contributed by atoms with E-state index in [4.69, 9.17) is 9.84 Å². The van der Waals surface area contributed by atoms with Crippen LogP contribution in [0.15, 0.2) is 48.5 Å². The van der Waals surface area contributed by atoms with Gasteiger partial charge in [-0.05, 0) is 29.7 Å². The minimum absolute atomic E-state index is 0.0137.